The Labute approximate surface area is 118 Å². The molecule has 0 radical (unpaired) electrons. The summed E-state index contributed by atoms with van der Waals surface area (Å²) in [6.45, 7) is 3.43. The Morgan fingerprint density at radius 3 is 2.80 bits per heavy atom. The number of nitrogens with one attached hydrogen (secondary N) is 1. The van der Waals surface area contributed by atoms with Crippen LogP contribution in [0.2, 0.25) is 0 Å². The number of anilines is 2. The Morgan fingerprint density at radius 2 is 2.00 bits per heavy atom. The monoisotopic (exact) mass is 269 g/mol. The van der Waals surface area contributed by atoms with Crippen LogP contribution in [0.4, 0.5) is 11.5 Å². The first kappa shape index (κ1) is 12.0. The van der Waals surface area contributed by atoms with Crippen molar-refractivity contribution in [3.8, 4) is 0 Å². The van der Waals surface area contributed by atoms with Crippen molar-refractivity contribution in [2.45, 2.75) is 18.9 Å². The first-order valence-electron chi connectivity index (χ1n) is 7.38. The highest BCUT2D eigenvalue weighted by Gasteiger charge is 2.21. The van der Waals surface area contributed by atoms with Crippen molar-refractivity contribution < 1.29 is 4.74 Å². The van der Waals surface area contributed by atoms with E-state index in [9.17, 15) is 0 Å². The lowest BCUT2D eigenvalue weighted by Crippen LogP contribution is -2.36. The third-order valence-corrected chi connectivity index (χ3v) is 4.00. The maximum atomic E-state index is 5.42. The van der Waals surface area contributed by atoms with Gasteiger partial charge in [0.25, 0.3) is 0 Å². The summed E-state index contributed by atoms with van der Waals surface area (Å²) in [4.78, 5) is 6.90. The molecule has 20 heavy (non-hydrogen) atoms. The Kier molecular flexibility index (Phi) is 2.96. The molecule has 4 heteroatoms. The van der Waals surface area contributed by atoms with Gasteiger partial charge < -0.3 is 15.0 Å². The van der Waals surface area contributed by atoms with Gasteiger partial charge >= 0.3 is 0 Å². The first-order chi connectivity index (χ1) is 9.90. The van der Waals surface area contributed by atoms with Crippen LogP contribution in [0.25, 0.3) is 10.8 Å². The van der Waals surface area contributed by atoms with Gasteiger partial charge in [0.15, 0.2) is 0 Å². The highest BCUT2D eigenvalue weighted by Crippen LogP contribution is 2.30. The number of benzene rings is 1. The van der Waals surface area contributed by atoms with Gasteiger partial charge in [0.05, 0.1) is 13.2 Å². The average molecular weight is 269 g/mol. The zero-order chi connectivity index (χ0) is 13.4. The van der Waals surface area contributed by atoms with Crippen molar-refractivity contribution in [1.82, 2.24) is 4.98 Å². The summed E-state index contributed by atoms with van der Waals surface area (Å²) in [7, 11) is 0. The third-order valence-electron chi connectivity index (χ3n) is 4.00. The molecule has 2 heterocycles. The van der Waals surface area contributed by atoms with Crippen LogP contribution < -0.4 is 10.2 Å². The van der Waals surface area contributed by atoms with Gasteiger partial charge in [0.2, 0.25) is 0 Å². The molecule has 1 N–H and O–H groups in total. The standard InChI is InChI=1S/C16H19N3O/c1-2-13(1)18-14-3-4-15-12(11-14)5-6-17-16(15)19-7-9-20-10-8-19/h3-6,11,13,18H,1-2,7-10H2. The number of fused-ring (bicyclic) bond motifs is 1. The lowest BCUT2D eigenvalue weighted by molar-refractivity contribution is 0.122. The van der Waals surface area contributed by atoms with Gasteiger partial charge in [-0.15, -0.1) is 0 Å². The van der Waals surface area contributed by atoms with Crippen molar-refractivity contribution in [2.75, 3.05) is 36.5 Å². The highest BCUT2D eigenvalue weighted by atomic mass is 16.5. The fraction of sp³-hybridized carbons (Fsp3) is 0.438. The predicted molar refractivity (Wildman–Crippen MR) is 81.4 cm³/mol. The number of hydrogen-bond donors (Lipinski definition) is 1. The fourth-order valence-electron chi connectivity index (χ4n) is 2.74. The van der Waals surface area contributed by atoms with E-state index in [1.54, 1.807) is 0 Å². The number of ether oxygens (including phenoxy) is 1. The minimum absolute atomic E-state index is 0.688. The second-order valence-electron chi connectivity index (χ2n) is 5.59. The fourth-order valence-corrected chi connectivity index (χ4v) is 2.74. The second-order valence-corrected chi connectivity index (χ2v) is 5.59. The Balaban J connectivity index is 1.69. The molecule has 1 aromatic heterocycles. The lowest BCUT2D eigenvalue weighted by Gasteiger charge is -2.28. The van der Waals surface area contributed by atoms with E-state index in [-0.39, 0.29) is 0 Å². The molecule has 1 aliphatic heterocycles. The van der Waals surface area contributed by atoms with E-state index in [1.807, 2.05) is 6.20 Å². The minimum Gasteiger partial charge on any atom is -0.382 e. The van der Waals surface area contributed by atoms with E-state index in [4.69, 9.17) is 4.74 Å². The zero-order valence-electron chi connectivity index (χ0n) is 11.5. The van der Waals surface area contributed by atoms with E-state index in [0.29, 0.717) is 6.04 Å². The smallest absolute Gasteiger partial charge is 0.136 e. The van der Waals surface area contributed by atoms with Crippen molar-refractivity contribution in [3.05, 3.63) is 30.5 Å². The molecule has 4 nitrogen and oxygen atoms in total. The maximum Gasteiger partial charge on any atom is 0.136 e. The van der Waals surface area contributed by atoms with Crippen LogP contribution in [0.15, 0.2) is 30.5 Å². The van der Waals surface area contributed by atoms with Gasteiger partial charge in [-0.1, -0.05) is 0 Å². The van der Waals surface area contributed by atoms with Crippen molar-refractivity contribution in [1.29, 1.82) is 0 Å². The van der Waals surface area contributed by atoms with Gasteiger partial charge in [-0.25, -0.2) is 4.98 Å². The molecule has 4 rings (SSSR count). The Hall–Kier alpha value is -1.81. The summed E-state index contributed by atoms with van der Waals surface area (Å²) < 4.78 is 5.42. The highest BCUT2D eigenvalue weighted by molar-refractivity contribution is 5.94. The topological polar surface area (TPSA) is 37.4 Å². The Morgan fingerprint density at radius 1 is 1.15 bits per heavy atom. The van der Waals surface area contributed by atoms with Gasteiger partial charge in [-0.2, -0.15) is 0 Å². The van der Waals surface area contributed by atoms with Crippen LogP contribution >= 0.6 is 0 Å². The summed E-state index contributed by atoms with van der Waals surface area (Å²) in [5.74, 6) is 1.09. The first-order valence-corrected chi connectivity index (χ1v) is 7.38. The summed E-state index contributed by atoms with van der Waals surface area (Å²) in [5.41, 5.74) is 1.22. The largest absolute Gasteiger partial charge is 0.382 e. The molecule has 1 saturated carbocycles. The third kappa shape index (κ3) is 2.31. The lowest BCUT2D eigenvalue weighted by atomic mass is 10.1. The van der Waals surface area contributed by atoms with Crippen LogP contribution in [-0.4, -0.2) is 37.3 Å². The van der Waals surface area contributed by atoms with Crippen LogP contribution in [0.3, 0.4) is 0 Å². The predicted octanol–water partition coefficient (Wildman–Crippen LogP) is 2.65. The van der Waals surface area contributed by atoms with Crippen LogP contribution in [0.1, 0.15) is 12.8 Å². The molecule has 1 aromatic carbocycles. The number of hydrogen-bond acceptors (Lipinski definition) is 4. The molecule has 1 saturated heterocycles. The van der Waals surface area contributed by atoms with E-state index >= 15 is 0 Å². The number of nitrogens with zero attached hydrogens (tertiary/aromatic N) is 2. The molecule has 1 aliphatic carbocycles. The molecule has 2 aromatic rings. The van der Waals surface area contributed by atoms with Gasteiger partial charge in [0, 0.05) is 36.4 Å². The summed E-state index contributed by atoms with van der Waals surface area (Å²) >= 11 is 0. The molecule has 0 amide bonds. The molecule has 2 aliphatic rings. The molecular weight excluding hydrogens is 250 g/mol. The van der Waals surface area contributed by atoms with Gasteiger partial charge in [-0.3, -0.25) is 0 Å². The molecule has 0 bridgehead atoms. The van der Waals surface area contributed by atoms with Crippen LogP contribution in [0.5, 0.6) is 0 Å². The number of morpholine rings is 1. The molecule has 2 fully saturated rings. The summed E-state index contributed by atoms with van der Waals surface area (Å²) in [6, 6.07) is 9.38. The van der Waals surface area contributed by atoms with E-state index in [2.05, 4.69) is 39.5 Å². The minimum atomic E-state index is 0.688. The molecule has 104 valence electrons. The summed E-state index contributed by atoms with van der Waals surface area (Å²) in [5, 5.41) is 6.04. The van der Waals surface area contributed by atoms with Crippen LogP contribution in [0, 0.1) is 0 Å². The van der Waals surface area contributed by atoms with Crippen LogP contribution in [-0.2, 0) is 4.74 Å². The Bertz CT molecular complexity index is 618. The molecular formula is C16H19N3O. The zero-order valence-corrected chi connectivity index (χ0v) is 11.5. The SMILES string of the molecule is c1cc2cc(NC3CC3)ccc2c(N2CCOCC2)n1. The number of aromatic nitrogens is 1. The van der Waals surface area contributed by atoms with E-state index in [0.717, 1.165) is 32.1 Å². The number of rotatable bonds is 3. The second kappa shape index (κ2) is 4.94. The summed E-state index contributed by atoms with van der Waals surface area (Å²) in [6.07, 6.45) is 4.51. The number of pyridine rings is 1. The van der Waals surface area contributed by atoms with E-state index in [1.165, 1.54) is 29.3 Å². The van der Waals surface area contributed by atoms with Crippen molar-refractivity contribution in [2.24, 2.45) is 0 Å². The van der Waals surface area contributed by atoms with Gasteiger partial charge in [-0.05, 0) is 42.5 Å². The average Bonchev–Trinajstić information content (AvgIpc) is 3.31. The quantitative estimate of drug-likeness (QED) is 0.929. The molecule has 0 spiro atoms. The van der Waals surface area contributed by atoms with E-state index < -0.39 is 0 Å². The van der Waals surface area contributed by atoms with Crippen molar-refractivity contribution in [3.63, 3.8) is 0 Å². The normalized spacial score (nSPS) is 19.3. The van der Waals surface area contributed by atoms with Crippen molar-refractivity contribution >= 4 is 22.3 Å². The molecule has 0 atom stereocenters. The molecule has 0 unspecified atom stereocenters. The van der Waals surface area contributed by atoms with Gasteiger partial charge in [0.1, 0.15) is 5.82 Å². The maximum absolute atomic E-state index is 5.42.